The molecular weight excluding hydrogens is 648 g/mol. The number of benzene rings is 2. The van der Waals surface area contributed by atoms with Gasteiger partial charge in [-0.15, -0.1) is 0 Å². The van der Waals surface area contributed by atoms with Crippen LogP contribution in [0.4, 0.5) is 51.1 Å². The van der Waals surface area contributed by atoms with Crippen LogP contribution in [0.5, 0.6) is 0 Å². The highest BCUT2D eigenvalue weighted by Crippen LogP contribution is 2.46. The number of aromatic nitrogens is 2. The SMILES string of the molecule is CCOC(=O)C(OC)N(c1cc(C(F)(F)F)cc(C(F)(F)F)c1Cl)c1nc(C(F)(F)F)c(Cl)c(=O)n1Cc1ccccc1. The maximum Gasteiger partial charge on any atom is 0.435 e. The van der Waals surface area contributed by atoms with E-state index in [1.165, 1.54) is 31.2 Å². The molecule has 0 saturated heterocycles. The van der Waals surface area contributed by atoms with E-state index in [2.05, 4.69) is 4.98 Å². The van der Waals surface area contributed by atoms with Crippen LogP contribution in [0.2, 0.25) is 10.0 Å². The number of hydrogen-bond acceptors (Lipinski definition) is 6. The van der Waals surface area contributed by atoms with Gasteiger partial charge in [0, 0.05) is 7.11 Å². The largest absolute Gasteiger partial charge is 0.463 e. The molecule has 234 valence electrons. The lowest BCUT2D eigenvalue weighted by molar-refractivity contribution is -0.154. The smallest absolute Gasteiger partial charge is 0.435 e. The number of anilines is 2. The molecule has 2 aromatic carbocycles. The van der Waals surface area contributed by atoms with Crippen LogP contribution in [0, 0.1) is 0 Å². The van der Waals surface area contributed by atoms with Crippen LogP contribution in [0.25, 0.3) is 0 Å². The Balaban J connectivity index is 2.59. The molecule has 1 aromatic heterocycles. The van der Waals surface area contributed by atoms with Gasteiger partial charge in [0.2, 0.25) is 12.2 Å². The lowest BCUT2D eigenvalue weighted by Crippen LogP contribution is -2.45. The third-order valence-electron chi connectivity index (χ3n) is 5.65. The molecule has 7 nitrogen and oxygen atoms in total. The standard InChI is InChI=1S/C25H18Cl2F9N3O4/c1-3-43-21(41)20(42-2)39(15-10-13(23(28,29)30)9-14(16(15)26)24(31,32)33)22-37-18(25(34,35)36)17(27)19(40)38(22)11-12-7-5-4-6-8-12/h4-10,20H,3,11H2,1-2H3. The molecule has 0 saturated carbocycles. The second-order valence-electron chi connectivity index (χ2n) is 8.51. The number of nitrogens with zero attached hydrogens (tertiary/aromatic N) is 3. The van der Waals surface area contributed by atoms with E-state index < -0.39 is 87.9 Å². The van der Waals surface area contributed by atoms with E-state index in [1.807, 2.05) is 0 Å². The zero-order chi connectivity index (χ0) is 32.5. The zero-order valence-electron chi connectivity index (χ0n) is 21.7. The summed E-state index contributed by atoms with van der Waals surface area (Å²) in [5.41, 5.74) is -8.81. The molecule has 0 aliphatic heterocycles. The average Bonchev–Trinajstić information content (AvgIpc) is 2.89. The maximum absolute atomic E-state index is 14.0. The van der Waals surface area contributed by atoms with Gasteiger partial charge in [-0.05, 0) is 24.6 Å². The van der Waals surface area contributed by atoms with E-state index in [0.29, 0.717) is 4.57 Å². The minimum absolute atomic E-state index is 0.0314. The highest BCUT2D eigenvalue weighted by atomic mass is 35.5. The molecule has 0 aliphatic carbocycles. The molecule has 3 rings (SSSR count). The van der Waals surface area contributed by atoms with Crippen molar-refractivity contribution in [1.82, 2.24) is 9.55 Å². The van der Waals surface area contributed by atoms with Gasteiger partial charge in [-0.1, -0.05) is 53.5 Å². The van der Waals surface area contributed by atoms with Gasteiger partial charge in [-0.2, -0.15) is 39.5 Å². The number of hydrogen-bond donors (Lipinski definition) is 0. The van der Waals surface area contributed by atoms with Gasteiger partial charge in [0.05, 0.1) is 35.0 Å². The van der Waals surface area contributed by atoms with Gasteiger partial charge in [-0.25, -0.2) is 9.78 Å². The summed E-state index contributed by atoms with van der Waals surface area (Å²) in [6, 6.07) is 6.96. The van der Waals surface area contributed by atoms with Gasteiger partial charge in [0.15, 0.2) is 5.69 Å². The van der Waals surface area contributed by atoms with Crippen molar-refractivity contribution in [3.63, 3.8) is 0 Å². The first-order valence-electron chi connectivity index (χ1n) is 11.7. The van der Waals surface area contributed by atoms with Gasteiger partial charge in [0.1, 0.15) is 5.02 Å². The summed E-state index contributed by atoms with van der Waals surface area (Å²) in [5, 5.41) is -2.96. The summed E-state index contributed by atoms with van der Waals surface area (Å²) in [6.07, 6.45) is -18.9. The van der Waals surface area contributed by atoms with E-state index >= 15 is 0 Å². The van der Waals surface area contributed by atoms with Crippen molar-refractivity contribution in [3.05, 3.63) is 85.2 Å². The molecular formula is C25H18Cl2F9N3O4. The number of ether oxygens (including phenoxy) is 2. The Kier molecular flexibility index (Phi) is 9.98. The molecule has 0 fully saturated rings. The number of halogens is 11. The lowest BCUT2D eigenvalue weighted by Gasteiger charge is -2.33. The molecule has 43 heavy (non-hydrogen) atoms. The second-order valence-corrected chi connectivity index (χ2v) is 9.27. The first-order valence-corrected chi connectivity index (χ1v) is 12.5. The molecule has 1 atom stereocenters. The maximum atomic E-state index is 14.0. The fraction of sp³-hybridized carbons (Fsp3) is 0.320. The number of methoxy groups -OCH3 is 1. The van der Waals surface area contributed by atoms with Crippen LogP contribution in [-0.4, -0.2) is 35.5 Å². The Morgan fingerprint density at radius 1 is 0.953 bits per heavy atom. The highest BCUT2D eigenvalue weighted by molar-refractivity contribution is 6.34. The Labute approximate surface area is 246 Å². The molecule has 1 heterocycles. The van der Waals surface area contributed by atoms with Crippen molar-refractivity contribution in [2.24, 2.45) is 0 Å². The monoisotopic (exact) mass is 665 g/mol. The number of alkyl halides is 9. The molecule has 0 radical (unpaired) electrons. The van der Waals surface area contributed by atoms with E-state index in [1.54, 1.807) is 6.07 Å². The summed E-state index contributed by atoms with van der Waals surface area (Å²) in [6.45, 7) is 0.204. The number of carbonyl (C=O) groups excluding carboxylic acids is 1. The van der Waals surface area contributed by atoms with Gasteiger partial charge >= 0.3 is 24.5 Å². The summed E-state index contributed by atoms with van der Waals surface area (Å²) in [7, 11) is 0.751. The average molecular weight is 666 g/mol. The van der Waals surface area contributed by atoms with Crippen LogP contribution in [0.3, 0.4) is 0 Å². The molecule has 0 amide bonds. The topological polar surface area (TPSA) is 73.7 Å². The molecule has 0 aliphatic rings. The van der Waals surface area contributed by atoms with Crippen molar-refractivity contribution in [2.75, 3.05) is 18.6 Å². The summed E-state index contributed by atoms with van der Waals surface area (Å²) in [4.78, 5) is 29.6. The van der Waals surface area contributed by atoms with E-state index in [0.717, 1.165) is 7.11 Å². The van der Waals surface area contributed by atoms with Crippen molar-refractivity contribution in [3.8, 4) is 0 Å². The van der Waals surface area contributed by atoms with Crippen LogP contribution >= 0.6 is 23.2 Å². The summed E-state index contributed by atoms with van der Waals surface area (Å²) >= 11 is 11.7. The van der Waals surface area contributed by atoms with E-state index in [-0.39, 0.29) is 22.6 Å². The Hall–Kier alpha value is -3.50. The molecule has 0 N–H and O–H groups in total. The predicted molar refractivity (Wildman–Crippen MR) is 135 cm³/mol. The first kappa shape index (κ1) is 34.0. The second kappa shape index (κ2) is 12.6. The van der Waals surface area contributed by atoms with Crippen LogP contribution in [0.15, 0.2) is 47.3 Å². The molecule has 18 heteroatoms. The van der Waals surface area contributed by atoms with Gasteiger partial charge in [-0.3, -0.25) is 14.3 Å². The minimum Gasteiger partial charge on any atom is -0.463 e. The van der Waals surface area contributed by atoms with E-state index in [4.69, 9.17) is 32.7 Å². The molecule has 1 unspecified atom stereocenters. The Bertz CT molecular complexity index is 1540. The fourth-order valence-corrected chi connectivity index (χ4v) is 4.37. The molecule has 0 bridgehead atoms. The summed E-state index contributed by atoms with van der Waals surface area (Å²) < 4.78 is 135. The van der Waals surface area contributed by atoms with Crippen molar-refractivity contribution < 1.29 is 53.8 Å². The molecule has 0 spiro atoms. The Morgan fingerprint density at radius 2 is 1.56 bits per heavy atom. The van der Waals surface area contributed by atoms with Crippen LogP contribution in [-0.2, 0) is 39.3 Å². The van der Waals surface area contributed by atoms with Crippen LogP contribution in [0.1, 0.15) is 29.3 Å². The quantitative estimate of drug-likeness (QED) is 0.143. The third-order valence-corrected chi connectivity index (χ3v) is 6.39. The van der Waals surface area contributed by atoms with Crippen molar-refractivity contribution in [2.45, 2.75) is 38.2 Å². The number of esters is 1. The molecule has 3 aromatic rings. The van der Waals surface area contributed by atoms with Crippen molar-refractivity contribution in [1.29, 1.82) is 0 Å². The van der Waals surface area contributed by atoms with Crippen molar-refractivity contribution >= 4 is 40.8 Å². The minimum atomic E-state index is -5.53. The highest BCUT2D eigenvalue weighted by Gasteiger charge is 2.44. The normalized spacial score (nSPS) is 13.1. The lowest BCUT2D eigenvalue weighted by atomic mass is 10.1. The number of carbonyl (C=O) groups is 1. The Morgan fingerprint density at radius 3 is 2.05 bits per heavy atom. The number of rotatable bonds is 8. The summed E-state index contributed by atoms with van der Waals surface area (Å²) in [5.74, 6) is -2.78. The fourth-order valence-electron chi connectivity index (χ4n) is 3.81. The van der Waals surface area contributed by atoms with E-state index in [9.17, 15) is 49.1 Å². The van der Waals surface area contributed by atoms with Gasteiger partial charge in [0.25, 0.3) is 5.56 Å². The van der Waals surface area contributed by atoms with Gasteiger partial charge < -0.3 is 9.47 Å². The third kappa shape index (κ3) is 7.36. The zero-order valence-corrected chi connectivity index (χ0v) is 23.2. The predicted octanol–water partition coefficient (Wildman–Crippen LogP) is 7.33. The first-order chi connectivity index (χ1) is 19.8. The van der Waals surface area contributed by atoms with Crippen LogP contribution < -0.4 is 10.5 Å².